The van der Waals surface area contributed by atoms with E-state index in [1.165, 1.54) is 25.7 Å². The van der Waals surface area contributed by atoms with E-state index in [4.69, 9.17) is 14.5 Å². The van der Waals surface area contributed by atoms with Crippen LogP contribution >= 0.6 is 0 Å². The van der Waals surface area contributed by atoms with Gasteiger partial charge < -0.3 is 19.1 Å². The molecule has 0 saturated carbocycles. The predicted molar refractivity (Wildman–Crippen MR) is 138 cm³/mol. The van der Waals surface area contributed by atoms with Gasteiger partial charge in [-0.25, -0.2) is 9.78 Å². The molecule has 2 atom stereocenters. The van der Waals surface area contributed by atoms with E-state index in [-0.39, 0.29) is 23.1 Å². The van der Waals surface area contributed by atoms with E-state index in [2.05, 4.69) is 6.92 Å². The molecule has 7 heteroatoms. The number of para-hydroxylation sites is 1. The molecule has 2 aliphatic rings. The molecular weight excluding hydrogens is 456 g/mol. The van der Waals surface area contributed by atoms with Crippen molar-refractivity contribution in [1.82, 2.24) is 9.55 Å². The molecule has 7 nitrogen and oxygen atoms in total. The van der Waals surface area contributed by atoms with Crippen molar-refractivity contribution in [2.24, 2.45) is 0 Å². The average Bonchev–Trinajstić information content (AvgIpc) is 3.24. The molecule has 1 aromatic carbocycles. The van der Waals surface area contributed by atoms with Crippen LogP contribution < -0.4 is 5.56 Å². The normalized spacial score (nSPS) is 20.2. The molecule has 36 heavy (non-hydrogen) atoms. The van der Waals surface area contributed by atoms with Crippen LogP contribution in [0.3, 0.4) is 0 Å². The van der Waals surface area contributed by atoms with Crippen LogP contribution in [-0.2, 0) is 26.4 Å². The number of aliphatic hydroxyl groups is 1. The molecular formula is C29H34N2O5. The van der Waals surface area contributed by atoms with Gasteiger partial charge in [-0.05, 0) is 31.0 Å². The minimum atomic E-state index is -1.90. The van der Waals surface area contributed by atoms with E-state index in [0.717, 1.165) is 35.7 Å². The van der Waals surface area contributed by atoms with Crippen LogP contribution in [-0.4, -0.2) is 27.2 Å². The van der Waals surface area contributed by atoms with E-state index in [9.17, 15) is 14.7 Å². The predicted octanol–water partition coefficient (Wildman–Crippen LogP) is 5.35. The Morgan fingerprint density at radius 3 is 2.61 bits per heavy atom. The molecule has 0 aliphatic carbocycles. The van der Waals surface area contributed by atoms with Crippen LogP contribution in [0.15, 0.2) is 41.2 Å². The Bertz CT molecular complexity index is 1350. The van der Waals surface area contributed by atoms with Crippen LogP contribution in [0.25, 0.3) is 22.3 Å². The average molecular weight is 491 g/mol. The summed E-state index contributed by atoms with van der Waals surface area (Å²) in [6.07, 6.45) is 6.87. The Labute approximate surface area is 211 Å². The lowest BCUT2D eigenvalue weighted by Gasteiger charge is -2.35. The zero-order valence-electron chi connectivity index (χ0n) is 21.1. The molecule has 1 unspecified atom stereocenters. The second-order valence-electron chi connectivity index (χ2n) is 9.88. The second kappa shape index (κ2) is 10.1. The fourth-order valence-corrected chi connectivity index (χ4v) is 5.32. The maximum atomic E-state index is 13.8. The third-order valence-corrected chi connectivity index (χ3v) is 7.47. The summed E-state index contributed by atoms with van der Waals surface area (Å²) >= 11 is 0. The number of aromatic nitrogens is 2. The zero-order chi connectivity index (χ0) is 25.3. The Morgan fingerprint density at radius 2 is 1.83 bits per heavy atom. The number of benzene rings is 1. The topological polar surface area (TPSA) is 90.7 Å². The van der Waals surface area contributed by atoms with E-state index < -0.39 is 17.9 Å². The summed E-state index contributed by atoms with van der Waals surface area (Å²) in [6.45, 7) is 4.66. The molecule has 1 N–H and O–H groups in total. The highest BCUT2D eigenvalue weighted by atomic mass is 16.7. The first-order valence-corrected chi connectivity index (χ1v) is 13.2. The molecule has 2 aliphatic heterocycles. The van der Waals surface area contributed by atoms with Gasteiger partial charge in [-0.3, -0.25) is 4.79 Å². The molecule has 3 aromatic rings. The first-order chi connectivity index (χ1) is 17.5. The van der Waals surface area contributed by atoms with Gasteiger partial charge in [-0.2, -0.15) is 0 Å². The Morgan fingerprint density at radius 1 is 1.08 bits per heavy atom. The number of esters is 1. The first kappa shape index (κ1) is 24.7. The number of rotatable bonds is 10. The van der Waals surface area contributed by atoms with Crippen LogP contribution in [0.5, 0.6) is 0 Å². The van der Waals surface area contributed by atoms with Crippen molar-refractivity contribution in [1.29, 1.82) is 0 Å². The fourth-order valence-electron chi connectivity index (χ4n) is 5.32. The molecule has 0 bridgehead atoms. The number of unbranched alkanes of at least 4 members (excludes halogenated alkanes) is 6. The lowest BCUT2D eigenvalue weighted by atomic mass is 9.85. The number of hydrogen-bond donors (Lipinski definition) is 1. The SMILES string of the molecule is CCCCCCCCCOC1OC(=O)[C@](O)(CC)c2cc3n(c(=O)c21)Cc1cc2ccccc2nc1-3. The van der Waals surface area contributed by atoms with E-state index in [1.54, 1.807) is 17.6 Å². The van der Waals surface area contributed by atoms with Crippen molar-refractivity contribution < 1.29 is 19.4 Å². The minimum Gasteiger partial charge on any atom is -0.429 e. The van der Waals surface area contributed by atoms with Gasteiger partial charge in [0.1, 0.15) is 0 Å². The van der Waals surface area contributed by atoms with Crippen molar-refractivity contribution in [3.63, 3.8) is 0 Å². The summed E-state index contributed by atoms with van der Waals surface area (Å²) in [5, 5.41) is 12.3. The van der Waals surface area contributed by atoms with Crippen molar-refractivity contribution in [3.8, 4) is 11.4 Å². The van der Waals surface area contributed by atoms with E-state index >= 15 is 0 Å². The van der Waals surface area contributed by atoms with Gasteiger partial charge in [0, 0.05) is 16.5 Å². The summed E-state index contributed by atoms with van der Waals surface area (Å²) in [5.74, 6) is -0.781. The first-order valence-electron chi connectivity index (χ1n) is 13.2. The van der Waals surface area contributed by atoms with Gasteiger partial charge in [0.15, 0.2) is 5.60 Å². The number of cyclic esters (lactones) is 1. The highest BCUT2D eigenvalue weighted by Gasteiger charge is 2.49. The largest absolute Gasteiger partial charge is 0.429 e. The van der Waals surface area contributed by atoms with Gasteiger partial charge in [0.25, 0.3) is 5.56 Å². The molecule has 0 spiro atoms. The van der Waals surface area contributed by atoms with Gasteiger partial charge in [0.05, 0.1) is 35.6 Å². The third kappa shape index (κ3) is 4.24. The summed E-state index contributed by atoms with van der Waals surface area (Å²) in [6, 6.07) is 11.6. The number of carbonyl (C=O) groups is 1. The Kier molecular flexibility index (Phi) is 6.95. The zero-order valence-corrected chi connectivity index (χ0v) is 21.1. The van der Waals surface area contributed by atoms with Crippen molar-refractivity contribution in [2.45, 2.75) is 83.6 Å². The monoisotopic (exact) mass is 490 g/mol. The maximum Gasteiger partial charge on any atom is 0.345 e. The van der Waals surface area contributed by atoms with Gasteiger partial charge in [0.2, 0.25) is 6.29 Å². The third-order valence-electron chi connectivity index (χ3n) is 7.47. The number of nitrogens with zero attached hydrogens (tertiary/aromatic N) is 2. The molecule has 190 valence electrons. The highest BCUT2D eigenvalue weighted by Crippen LogP contribution is 2.42. The standard InChI is InChI=1S/C29H34N2O5/c1-3-5-6-7-8-9-12-15-35-27-24-21(29(34,4-2)28(33)36-27)17-23-25-20(18-31(23)26(24)32)16-19-13-10-11-14-22(19)30-25/h10-11,13-14,16-17,27,34H,3-9,12,15,18H2,1-2H3/t27?,29-/m0/s1. The van der Waals surface area contributed by atoms with Crippen molar-refractivity contribution in [3.05, 3.63) is 63.4 Å². The molecule has 0 amide bonds. The second-order valence-corrected chi connectivity index (χ2v) is 9.88. The number of hydrogen-bond acceptors (Lipinski definition) is 6. The Balaban J connectivity index is 1.45. The van der Waals surface area contributed by atoms with Gasteiger partial charge in [-0.1, -0.05) is 70.6 Å². The molecule has 0 saturated heterocycles. The number of pyridine rings is 2. The van der Waals surface area contributed by atoms with Gasteiger partial charge >= 0.3 is 5.97 Å². The van der Waals surface area contributed by atoms with Crippen LogP contribution in [0.1, 0.15) is 88.2 Å². The Hall–Kier alpha value is -3.03. The lowest BCUT2D eigenvalue weighted by molar-refractivity contribution is -0.210. The molecule has 4 heterocycles. The minimum absolute atomic E-state index is 0.0875. The summed E-state index contributed by atoms with van der Waals surface area (Å²) in [5.41, 5.74) is 1.33. The summed E-state index contributed by atoms with van der Waals surface area (Å²) in [4.78, 5) is 31.5. The number of carbonyl (C=O) groups excluding carboxylic acids is 1. The lowest BCUT2D eigenvalue weighted by Crippen LogP contribution is -2.46. The van der Waals surface area contributed by atoms with Crippen LogP contribution in [0.2, 0.25) is 0 Å². The molecule has 2 aromatic heterocycles. The number of fused-ring (bicyclic) bond motifs is 5. The van der Waals surface area contributed by atoms with Crippen molar-refractivity contribution >= 4 is 16.9 Å². The van der Waals surface area contributed by atoms with E-state index in [0.29, 0.717) is 24.5 Å². The van der Waals surface area contributed by atoms with Crippen molar-refractivity contribution in [2.75, 3.05) is 6.61 Å². The molecule has 5 rings (SSSR count). The number of ether oxygens (including phenoxy) is 2. The maximum absolute atomic E-state index is 13.8. The van der Waals surface area contributed by atoms with Crippen LogP contribution in [0.4, 0.5) is 0 Å². The smallest absolute Gasteiger partial charge is 0.345 e. The highest BCUT2D eigenvalue weighted by molar-refractivity contribution is 5.86. The van der Waals surface area contributed by atoms with Crippen LogP contribution in [0, 0.1) is 0 Å². The summed E-state index contributed by atoms with van der Waals surface area (Å²) < 4.78 is 13.1. The summed E-state index contributed by atoms with van der Waals surface area (Å²) in [7, 11) is 0. The molecule has 0 fully saturated rings. The molecule has 0 radical (unpaired) electrons. The quantitative estimate of drug-likeness (QED) is 0.238. The van der Waals surface area contributed by atoms with Gasteiger partial charge in [-0.15, -0.1) is 0 Å². The van der Waals surface area contributed by atoms with E-state index in [1.807, 2.05) is 30.3 Å². The fraction of sp³-hybridized carbons (Fsp3) is 0.483.